The van der Waals surface area contributed by atoms with Crippen molar-refractivity contribution in [3.05, 3.63) is 29.8 Å². The molecule has 24 heavy (non-hydrogen) atoms. The van der Waals surface area contributed by atoms with Crippen molar-refractivity contribution in [2.75, 3.05) is 19.0 Å². The molecular weight excluding hydrogens is 334 g/mol. The molecular formula is C16H22ClN3O4. The van der Waals surface area contributed by atoms with Gasteiger partial charge in [0.15, 0.2) is 0 Å². The van der Waals surface area contributed by atoms with E-state index in [4.69, 9.17) is 5.73 Å². The highest BCUT2D eigenvalue weighted by Crippen LogP contribution is 2.25. The molecule has 1 aliphatic carbocycles. The summed E-state index contributed by atoms with van der Waals surface area (Å²) in [6.45, 7) is -0.185. The van der Waals surface area contributed by atoms with Gasteiger partial charge in [0.25, 0.3) is 5.91 Å². The topological polar surface area (TPSA) is 111 Å². The van der Waals surface area contributed by atoms with E-state index in [0.717, 1.165) is 12.8 Å². The lowest BCUT2D eigenvalue weighted by atomic mass is 10.1. The highest BCUT2D eigenvalue weighted by molar-refractivity contribution is 5.97. The number of carbonyl (C=O) groups is 3. The molecule has 1 fully saturated rings. The van der Waals surface area contributed by atoms with Gasteiger partial charge in [-0.05, 0) is 43.5 Å². The van der Waals surface area contributed by atoms with Crippen molar-refractivity contribution >= 4 is 35.9 Å². The molecule has 132 valence electrons. The Balaban J connectivity index is 0.00000288. The van der Waals surface area contributed by atoms with E-state index in [2.05, 4.69) is 15.4 Å². The van der Waals surface area contributed by atoms with E-state index in [1.165, 1.54) is 7.11 Å². The summed E-state index contributed by atoms with van der Waals surface area (Å²) < 4.78 is 4.45. The van der Waals surface area contributed by atoms with Gasteiger partial charge < -0.3 is 21.1 Å². The third-order valence-corrected chi connectivity index (χ3v) is 3.88. The van der Waals surface area contributed by atoms with Crippen LogP contribution in [0.25, 0.3) is 0 Å². The molecule has 2 atom stereocenters. The van der Waals surface area contributed by atoms with Crippen LogP contribution in [-0.2, 0) is 14.3 Å². The molecule has 0 spiro atoms. The number of nitrogens with two attached hydrogens (primary N) is 1. The van der Waals surface area contributed by atoms with Crippen LogP contribution in [0.3, 0.4) is 0 Å². The summed E-state index contributed by atoms with van der Waals surface area (Å²) >= 11 is 0. The largest absolute Gasteiger partial charge is 0.468 e. The normalized spacial score (nSPS) is 19.1. The Morgan fingerprint density at radius 3 is 2.42 bits per heavy atom. The molecule has 8 heteroatoms. The van der Waals surface area contributed by atoms with Gasteiger partial charge in [-0.15, -0.1) is 12.4 Å². The van der Waals surface area contributed by atoms with Crippen LogP contribution < -0.4 is 16.4 Å². The van der Waals surface area contributed by atoms with Crippen LogP contribution in [0.15, 0.2) is 24.3 Å². The molecule has 0 saturated heterocycles. The van der Waals surface area contributed by atoms with Crippen molar-refractivity contribution in [3.8, 4) is 0 Å². The number of anilines is 1. The quantitative estimate of drug-likeness (QED) is 0.684. The predicted octanol–water partition coefficient (Wildman–Crippen LogP) is 1.08. The second-order valence-electron chi connectivity index (χ2n) is 5.60. The number of hydrogen-bond acceptors (Lipinski definition) is 5. The smallest absolute Gasteiger partial charge is 0.325 e. The molecule has 1 aliphatic rings. The van der Waals surface area contributed by atoms with Gasteiger partial charge in [0.05, 0.1) is 7.11 Å². The Kier molecular flexibility index (Phi) is 7.67. The summed E-state index contributed by atoms with van der Waals surface area (Å²) in [6.07, 6.45) is 2.39. The van der Waals surface area contributed by atoms with Gasteiger partial charge in [0.1, 0.15) is 6.54 Å². The van der Waals surface area contributed by atoms with E-state index in [0.29, 0.717) is 17.7 Å². The summed E-state index contributed by atoms with van der Waals surface area (Å²) in [4.78, 5) is 34.9. The maximum Gasteiger partial charge on any atom is 0.325 e. The van der Waals surface area contributed by atoms with Crippen molar-refractivity contribution in [3.63, 3.8) is 0 Å². The zero-order valence-electron chi connectivity index (χ0n) is 13.4. The van der Waals surface area contributed by atoms with Crippen LogP contribution in [-0.4, -0.2) is 37.5 Å². The zero-order chi connectivity index (χ0) is 16.8. The van der Waals surface area contributed by atoms with Crippen molar-refractivity contribution in [2.24, 2.45) is 11.7 Å². The fourth-order valence-electron chi connectivity index (χ4n) is 2.53. The van der Waals surface area contributed by atoms with Crippen LogP contribution in [0.2, 0.25) is 0 Å². The highest BCUT2D eigenvalue weighted by Gasteiger charge is 2.27. The highest BCUT2D eigenvalue weighted by atomic mass is 35.5. The first-order valence-corrected chi connectivity index (χ1v) is 7.51. The van der Waals surface area contributed by atoms with E-state index >= 15 is 0 Å². The standard InChI is InChI=1S/C16H21N3O4.ClH/c1-23-14(20)9-18-15(21)10-3-6-13(7-4-10)19-16(22)11-2-5-12(17)8-11;/h3-4,6-7,11-12H,2,5,8-9,17H2,1H3,(H,18,21)(H,19,22);1H. The van der Waals surface area contributed by atoms with E-state index < -0.39 is 5.97 Å². The number of methoxy groups -OCH3 is 1. The Hall–Kier alpha value is -2.12. The summed E-state index contributed by atoms with van der Waals surface area (Å²) in [5, 5.41) is 5.27. The molecule has 0 bridgehead atoms. The summed E-state index contributed by atoms with van der Waals surface area (Å²) in [5.74, 6) is -0.985. The van der Waals surface area contributed by atoms with Crippen molar-refractivity contribution < 1.29 is 19.1 Å². The zero-order valence-corrected chi connectivity index (χ0v) is 14.2. The van der Waals surface area contributed by atoms with Gasteiger partial charge in [-0.1, -0.05) is 0 Å². The second kappa shape index (κ2) is 9.24. The fourth-order valence-corrected chi connectivity index (χ4v) is 2.53. The lowest BCUT2D eigenvalue weighted by Gasteiger charge is -2.11. The number of esters is 1. The van der Waals surface area contributed by atoms with E-state index in [1.807, 2.05) is 0 Å². The van der Waals surface area contributed by atoms with Gasteiger partial charge in [-0.2, -0.15) is 0 Å². The first-order valence-electron chi connectivity index (χ1n) is 7.51. The molecule has 0 radical (unpaired) electrons. The van der Waals surface area contributed by atoms with Crippen molar-refractivity contribution in [1.29, 1.82) is 0 Å². The number of ether oxygens (including phenoxy) is 1. The number of carbonyl (C=O) groups excluding carboxylic acids is 3. The Bertz CT molecular complexity index is 591. The summed E-state index contributed by atoms with van der Waals surface area (Å²) in [6, 6.07) is 6.58. The van der Waals surface area contributed by atoms with E-state index in [-0.39, 0.29) is 42.7 Å². The lowest BCUT2D eigenvalue weighted by molar-refractivity contribution is -0.139. The molecule has 7 nitrogen and oxygen atoms in total. The van der Waals surface area contributed by atoms with Crippen LogP contribution in [0.5, 0.6) is 0 Å². The van der Waals surface area contributed by atoms with Crippen molar-refractivity contribution in [2.45, 2.75) is 25.3 Å². The van der Waals surface area contributed by atoms with Crippen LogP contribution >= 0.6 is 12.4 Å². The fraction of sp³-hybridized carbons (Fsp3) is 0.438. The SMILES string of the molecule is COC(=O)CNC(=O)c1ccc(NC(=O)C2CCC(N)C2)cc1.Cl. The lowest BCUT2D eigenvalue weighted by Crippen LogP contribution is -2.30. The van der Waals surface area contributed by atoms with Crippen LogP contribution in [0.4, 0.5) is 5.69 Å². The van der Waals surface area contributed by atoms with Gasteiger partial charge in [0.2, 0.25) is 5.91 Å². The molecule has 2 rings (SSSR count). The van der Waals surface area contributed by atoms with Gasteiger partial charge >= 0.3 is 5.97 Å². The number of amides is 2. The minimum absolute atomic E-state index is 0. The molecule has 0 aliphatic heterocycles. The second-order valence-corrected chi connectivity index (χ2v) is 5.60. The average Bonchev–Trinajstić information content (AvgIpc) is 2.99. The summed E-state index contributed by atoms with van der Waals surface area (Å²) in [7, 11) is 1.25. The maximum atomic E-state index is 12.1. The predicted molar refractivity (Wildman–Crippen MR) is 92.0 cm³/mol. The molecule has 0 aromatic heterocycles. The first kappa shape index (κ1) is 19.9. The maximum absolute atomic E-state index is 12.1. The number of halogens is 1. The Morgan fingerprint density at radius 2 is 1.88 bits per heavy atom. The molecule has 1 aromatic carbocycles. The summed E-state index contributed by atoms with van der Waals surface area (Å²) in [5.41, 5.74) is 6.83. The van der Waals surface area contributed by atoms with Crippen LogP contribution in [0, 0.1) is 5.92 Å². The van der Waals surface area contributed by atoms with Crippen molar-refractivity contribution in [1.82, 2.24) is 5.32 Å². The molecule has 1 aromatic rings. The molecule has 1 saturated carbocycles. The average molecular weight is 356 g/mol. The Morgan fingerprint density at radius 1 is 1.21 bits per heavy atom. The number of benzene rings is 1. The van der Waals surface area contributed by atoms with E-state index in [9.17, 15) is 14.4 Å². The third kappa shape index (κ3) is 5.50. The number of rotatable bonds is 5. The van der Waals surface area contributed by atoms with Gasteiger partial charge in [-0.3, -0.25) is 14.4 Å². The first-order chi connectivity index (χ1) is 11.0. The minimum Gasteiger partial charge on any atom is -0.468 e. The number of hydrogen-bond donors (Lipinski definition) is 3. The monoisotopic (exact) mass is 355 g/mol. The minimum atomic E-state index is -0.517. The van der Waals surface area contributed by atoms with Gasteiger partial charge in [-0.25, -0.2) is 0 Å². The number of nitrogens with one attached hydrogen (secondary N) is 2. The van der Waals surface area contributed by atoms with Gasteiger partial charge in [0, 0.05) is 23.2 Å². The van der Waals surface area contributed by atoms with Crippen LogP contribution in [0.1, 0.15) is 29.6 Å². The molecule has 0 heterocycles. The Labute approximate surface area is 146 Å². The molecule has 2 unspecified atom stereocenters. The third-order valence-electron chi connectivity index (χ3n) is 3.88. The molecule has 2 amide bonds. The molecule has 4 N–H and O–H groups in total. The van der Waals surface area contributed by atoms with E-state index in [1.54, 1.807) is 24.3 Å².